The third-order valence-corrected chi connectivity index (χ3v) is 11.0. The number of carbonyl (C=O) groups is 1. The number of sulfonamides is 1. The van der Waals surface area contributed by atoms with Gasteiger partial charge in [-0.3, -0.25) is 9.79 Å². The highest BCUT2D eigenvalue weighted by atomic mass is 35.5. The van der Waals surface area contributed by atoms with E-state index in [1.165, 1.54) is 13.8 Å². The Balaban J connectivity index is 1.39. The van der Waals surface area contributed by atoms with Crippen molar-refractivity contribution < 1.29 is 17.6 Å². The van der Waals surface area contributed by atoms with E-state index in [4.69, 9.17) is 28.2 Å². The lowest BCUT2D eigenvalue weighted by Gasteiger charge is -2.73. The lowest BCUT2D eigenvalue weighted by Crippen LogP contribution is -2.78. The summed E-state index contributed by atoms with van der Waals surface area (Å²) in [5, 5.41) is 4.25. The Labute approximate surface area is 240 Å². The smallest absolute Gasteiger partial charge is 0.243 e. The molecule has 3 fully saturated rings. The summed E-state index contributed by atoms with van der Waals surface area (Å²) in [4.78, 5) is 18.1. The Morgan fingerprint density at radius 1 is 1.10 bits per heavy atom. The van der Waals surface area contributed by atoms with Crippen LogP contribution in [-0.4, -0.2) is 47.1 Å². The molecule has 210 valence electrons. The van der Waals surface area contributed by atoms with Crippen molar-refractivity contribution in [1.82, 2.24) is 9.62 Å². The Morgan fingerprint density at radius 3 is 2.33 bits per heavy atom. The van der Waals surface area contributed by atoms with Crippen LogP contribution in [0.4, 0.5) is 4.39 Å². The van der Waals surface area contributed by atoms with E-state index in [-0.39, 0.29) is 35.5 Å². The van der Waals surface area contributed by atoms with Crippen molar-refractivity contribution in [2.75, 3.05) is 0 Å². The predicted octanol–water partition coefficient (Wildman–Crippen LogP) is 6.35. The number of nitrogens with one attached hydrogen (secondary N) is 1. The van der Waals surface area contributed by atoms with Crippen LogP contribution in [0, 0.1) is 5.41 Å². The summed E-state index contributed by atoms with van der Waals surface area (Å²) in [6.45, 7) is 6.98. The third-order valence-electron chi connectivity index (χ3n) is 8.33. The average Bonchev–Trinajstić information content (AvgIpc) is 3.12. The number of halogens is 3. The van der Waals surface area contributed by atoms with Crippen LogP contribution in [0.2, 0.25) is 10.0 Å². The van der Waals surface area contributed by atoms with E-state index in [0.717, 1.165) is 11.4 Å². The number of hydrogen-bond acceptors (Lipinski definition) is 5. The molecule has 6 rings (SSSR count). The quantitative estimate of drug-likeness (QED) is 0.348. The first-order valence-corrected chi connectivity index (χ1v) is 15.4. The van der Waals surface area contributed by atoms with Crippen LogP contribution in [0.5, 0.6) is 0 Å². The van der Waals surface area contributed by atoms with Gasteiger partial charge in [-0.15, -0.1) is 0 Å². The minimum atomic E-state index is -3.81. The summed E-state index contributed by atoms with van der Waals surface area (Å²) in [5.74, 6) is 0.682. The summed E-state index contributed by atoms with van der Waals surface area (Å²) >= 11 is 12.4. The summed E-state index contributed by atoms with van der Waals surface area (Å²) < 4.78 is 43.5. The maximum Gasteiger partial charge on any atom is 0.243 e. The highest BCUT2D eigenvalue weighted by Crippen LogP contribution is 2.71. The SMILES string of the molecule is CC(C)(F)CCC(=O)[C@@H]1N=C(C23CC(N(Cc4ccc(Cl)c(Cl)c4)S(=O)(=O)c4ccccc4)(C2)C3)NC1(C)C. The molecule has 4 aliphatic rings. The molecular formula is C29H34Cl2FN3O3S. The number of nitrogens with zero attached hydrogens (tertiary/aromatic N) is 2. The van der Waals surface area contributed by atoms with Gasteiger partial charge < -0.3 is 5.32 Å². The van der Waals surface area contributed by atoms with Crippen LogP contribution < -0.4 is 5.32 Å². The monoisotopic (exact) mass is 593 g/mol. The minimum Gasteiger partial charge on any atom is -0.366 e. The highest BCUT2D eigenvalue weighted by Gasteiger charge is 2.75. The Hall–Kier alpha value is -2.00. The number of carbonyl (C=O) groups excluding carboxylic acids is 1. The van der Waals surface area contributed by atoms with E-state index in [1.807, 2.05) is 13.8 Å². The van der Waals surface area contributed by atoms with E-state index >= 15 is 0 Å². The predicted molar refractivity (Wildman–Crippen MR) is 153 cm³/mol. The molecule has 0 saturated heterocycles. The van der Waals surface area contributed by atoms with Crippen molar-refractivity contribution in [1.29, 1.82) is 0 Å². The molecule has 2 aromatic rings. The Morgan fingerprint density at radius 2 is 1.74 bits per heavy atom. The number of Topliss-reactive ketones (excluding diaryl/α,β-unsaturated/α-hetero) is 1. The number of benzene rings is 2. The van der Waals surface area contributed by atoms with Crippen molar-refractivity contribution in [3.8, 4) is 0 Å². The molecule has 10 heteroatoms. The van der Waals surface area contributed by atoms with E-state index in [1.54, 1.807) is 52.8 Å². The number of amidine groups is 1. The fourth-order valence-corrected chi connectivity index (χ4v) is 8.38. The van der Waals surface area contributed by atoms with Gasteiger partial charge in [0.05, 0.1) is 20.5 Å². The largest absolute Gasteiger partial charge is 0.366 e. The van der Waals surface area contributed by atoms with Gasteiger partial charge in [0.1, 0.15) is 17.5 Å². The normalized spacial score (nSPS) is 27.4. The van der Waals surface area contributed by atoms with Crippen LogP contribution in [-0.2, 0) is 21.4 Å². The Bertz CT molecular complexity index is 1420. The number of aliphatic imine (C=N–C) groups is 1. The molecule has 1 aliphatic heterocycles. The molecule has 6 nitrogen and oxygen atoms in total. The first-order valence-electron chi connectivity index (χ1n) is 13.2. The second-order valence-electron chi connectivity index (χ2n) is 12.5. The standard InChI is InChI=1S/C29H34Cl2FN3O3S/c1-26(2,32)13-12-23(36)24-27(3,4)34-25(33-24)28-16-29(17-28,18-28)35(15-19-10-11-21(30)22(31)14-19)39(37,38)20-8-6-5-7-9-20/h5-11,14,24H,12-13,15-18H2,1-4H3,(H,33,34)/t24-,28?,29?/m0/s1. The molecule has 2 aromatic carbocycles. The first kappa shape index (κ1) is 28.5. The van der Waals surface area contributed by atoms with Crippen molar-refractivity contribution in [2.45, 2.75) is 94.0 Å². The second kappa shape index (κ2) is 9.54. The number of hydrogen-bond donors (Lipinski definition) is 1. The molecule has 3 aliphatic carbocycles. The molecule has 1 N–H and O–H groups in total. The molecule has 1 heterocycles. The Kier molecular flexibility index (Phi) is 6.98. The fraction of sp³-hybridized carbons (Fsp3) is 0.517. The lowest BCUT2D eigenvalue weighted by molar-refractivity contribution is -0.151. The zero-order valence-electron chi connectivity index (χ0n) is 22.6. The zero-order valence-corrected chi connectivity index (χ0v) is 24.9. The van der Waals surface area contributed by atoms with Crippen molar-refractivity contribution >= 4 is 44.8 Å². The van der Waals surface area contributed by atoms with E-state index in [0.29, 0.717) is 29.3 Å². The van der Waals surface area contributed by atoms with Gasteiger partial charge in [-0.05, 0) is 83.2 Å². The molecule has 1 atom stereocenters. The maximum atomic E-state index is 14.0. The molecule has 0 aromatic heterocycles. The van der Waals surface area contributed by atoms with Crippen LogP contribution in [0.15, 0.2) is 58.4 Å². The van der Waals surface area contributed by atoms with E-state index in [2.05, 4.69) is 5.32 Å². The molecule has 0 spiro atoms. The molecule has 39 heavy (non-hydrogen) atoms. The van der Waals surface area contributed by atoms with E-state index < -0.39 is 32.8 Å². The summed E-state index contributed by atoms with van der Waals surface area (Å²) in [6, 6.07) is 13.0. The molecule has 2 bridgehead atoms. The first-order chi connectivity index (χ1) is 18.1. The van der Waals surface area contributed by atoms with Crippen molar-refractivity contribution in [3.63, 3.8) is 0 Å². The van der Waals surface area contributed by atoms with Gasteiger partial charge in [0.15, 0.2) is 5.78 Å². The van der Waals surface area contributed by atoms with E-state index in [9.17, 15) is 17.6 Å². The lowest BCUT2D eigenvalue weighted by atomic mass is 9.38. The molecule has 0 amide bonds. The highest BCUT2D eigenvalue weighted by molar-refractivity contribution is 7.89. The number of alkyl halides is 1. The van der Waals surface area contributed by atoms with Crippen molar-refractivity contribution in [3.05, 3.63) is 64.1 Å². The third kappa shape index (κ3) is 5.14. The average molecular weight is 595 g/mol. The topological polar surface area (TPSA) is 78.8 Å². The van der Waals surface area contributed by atoms with Crippen LogP contribution in [0.1, 0.15) is 65.4 Å². The van der Waals surface area contributed by atoms with Gasteiger partial charge >= 0.3 is 0 Å². The molecule has 0 radical (unpaired) electrons. The van der Waals surface area contributed by atoms with Crippen LogP contribution in [0.3, 0.4) is 0 Å². The molecule has 0 unspecified atom stereocenters. The summed E-state index contributed by atoms with van der Waals surface area (Å²) in [6.07, 6.45) is 2.09. The number of ketones is 1. The van der Waals surface area contributed by atoms with Gasteiger partial charge in [-0.2, -0.15) is 4.31 Å². The second-order valence-corrected chi connectivity index (χ2v) is 15.2. The minimum absolute atomic E-state index is 0.0811. The maximum absolute atomic E-state index is 14.0. The zero-order chi connectivity index (χ0) is 28.4. The van der Waals surface area contributed by atoms with Gasteiger partial charge in [-0.25, -0.2) is 12.8 Å². The molecule has 3 saturated carbocycles. The number of rotatable bonds is 10. The van der Waals surface area contributed by atoms with Crippen LogP contribution in [0.25, 0.3) is 0 Å². The van der Waals surface area contributed by atoms with Gasteiger partial charge in [0, 0.05) is 23.9 Å². The molecular weight excluding hydrogens is 560 g/mol. The summed E-state index contributed by atoms with van der Waals surface area (Å²) in [5.41, 5.74) is -2.11. The fourth-order valence-electron chi connectivity index (χ4n) is 6.28. The van der Waals surface area contributed by atoms with Crippen molar-refractivity contribution in [2.24, 2.45) is 10.4 Å². The van der Waals surface area contributed by atoms with Gasteiger partial charge in [-0.1, -0.05) is 47.5 Å². The summed E-state index contributed by atoms with van der Waals surface area (Å²) in [7, 11) is -3.81. The van der Waals surface area contributed by atoms with Crippen LogP contribution >= 0.6 is 23.2 Å². The van der Waals surface area contributed by atoms with Gasteiger partial charge in [0.2, 0.25) is 10.0 Å². The van der Waals surface area contributed by atoms with Gasteiger partial charge in [0.25, 0.3) is 0 Å².